The first-order chi connectivity index (χ1) is 15.8. The van der Waals surface area contributed by atoms with Crippen molar-refractivity contribution in [2.75, 3.05) is 32.7 Å². The van der Waals surface area contributed by atoms with Gasteiger partial charge in [0.15, 0.2) is 5.03 Å². The molecule has 4 rings (SSSR count). The summed E-state index contributed by atoms with van der Waals surface area (Å²) in [6, 6.07) is 6.63. The Morgan fingerprint density at radius 2 is 1.85 bits per heavy atom. The van der Waals surface area contributed by atoms with Crippen molar-refractivity contribution in [1.29, 1.82) is 0 Å². The minimum Gasteiger partial charge on any atom is -0.354 e. The van der Waals surface area contributed by atoms with Crippen LogP contribution in [0.1, 0.15) is 42.4 Å². The Kier molecular flexibility index (Phi) is 7.51. The van der Waals surface area contributed by atoms with Crippen LogP contribution < -0.4 is 5.32 Å². The van der Waals surface area contributed by atoms with E-state index in [2.05, 4.69) is 47.2 Å². The van der Waals surface area contributed by atoms with Crippen molar-refractivity contribution >= 4 is 15.9 Å². The summed E-state index contributed by atoms with van der Waals surface area (Å²) in [7, 11) is -3.55. The highest BCUT2D eigenvalue weighted by atomic mass is 32.2. The van der Waals surface area contributed by atoms with Crippen LogP contribution in [0.5, 0.6) is 0 Å². The molecule has 1 amide bonds. The Morgan fingerprint density at radius 1 is 1.12 bits per heavy atom. The van der Waals surface area contributed by atoms with E-state index in [0.717, 1.165) is 45.3 Å². The van der Waals surface area contributed by atoms with Gasteiger partial charge in [0.05, 0.1) is 6.33 Å². The van der Waals surface area contributed by atoms with Crippen molar-refractivity contribution in [1.82, 2.24) is 24.1 Å². The molecule has 0 radical (unpaired) electrons. The predicted molar refractivity (Wildman–Crippen MR) is 127 cm³/mol. The average molecular weight is 474 g/mol. The number of aryl methyl sites for hydroxylation is 2. The molecule has 180 valence electrons. The Morgan fingerprint density at radius 3 is 2.58 bits per heavy atom. The minimum atomic E-state index is -3.55. The van der Waals surface area contributed by atoms with E-state index in [1.54, 1.807) is 4.57 Å². The van der Waals surface area contributed by atoms with Crippen LogP contribution in [-0.4, -0.2) is 65.8 Å². The first-order valence-electron chi connectivity index (χ1n) is 11.9. The number of hydrogen-bond acceptors (Lipinski definition) is 5. The molecule has 2 aliphatic heterocycles. The van der Waals surface area contributed by atoms with Crippen LogP contribution in [0, 0.1) is 19.8 Å². The van der Waals surface area contributed by atoms with Gasteiger partial charge in [-0.05, 0) is 69.7 Å². The molecular formula is C24H35N5O3S. The molecule has 0 atom stereocenters. The van der Waals surface area contributed by atoms with Gasteiger partial charge in [0.25, 0.3) is 10.0 Å². The normalized spacial score (nSPS) is 18.6. The highest BCUT2D eigenvalue weighted by molar-refractivity contribution is 7.89. The van der Waals surface area contributed by atoms with Gasteiger partial charge in [-0.15, -0.1) is 0 Å². The van der Waals surface area contributed by atoms with Crippen LogP contribution in [0.3, 0.4) is 0 Å². The molecule has 1 aromatic heterocycles. The van der Waals surface area contributed by atoms with Gasteiger partial charge in [-0.25, -0.2) is 13.4 Å². The van der Waals surface area contributed by atoms with Gasteiger partial charge in [-0.2, -0.15) is 4.31 Å². The molecule has 2 aromatic rings. The molecule has 1 N–H and O–H groups in total. The van der Waals surface area contributed by atoms with E-state index in [1.165, 1.54) is 33.5 Å². The molecule has 0 bridgehead atoms. The third-order valence-electron chi connectivity index (χ3n) is 6.80. The van der Waals surface area contributed by atoms with E-state index in [0.29, 0.717) is 25.6 Å². The second kappa shape index (κ2) is 10.4. The van der Waals surface area contributed by atoms with Gasteiger partial charge < -0.3 is 9.88 Å². The molecule has 0 spiro atoms. The molecule has 0 unspecified atom stereocenters. The average Bonchev–Trinajstić information content (AvgIpc) is 3.49. The van der Waals surface area contributed by atoms with Gasteiger partial charge in [-0.1, -0.05) is 23.8 Å². The molecule has 9 heteroatoms. The second-order valence-electron chi connectivity index (χ2n) is 9.45. The number of piperidine rings is 1. The lowest BCUT2D eigenvalue weighted by molar-refractivity contribution is -0.121. The molecule has 8 nitrogen and oxygen atoms in total. The van der Waals surface area contributed by atoms with Crippen LogP contribution in [0.25, 0.3) is 0 Å². The van der Waals surface area contributed by atoms with Gasteiger partial charge in [0.1, 0.15) is 6.54 Å². The summed E-state index contributed by atoms with van der Waals surface area (Å²) in [6.45, 7) is 9.17. The lowest BCUT2D eigenvalue weighted by atomic mass is 9.96. The lowest BCUT2D eigenvalue weighted by Crippen LogP contribution is -2.39. The summed E-state index contributed by atoms with van der Waals surface area (Å²) in [6.07, 6.45) is 6.77. The fourth-order valence-electron chi connectivity index (χ4n) is 4.66. The van der Waals surface area contributed by atoms with Crippen LogP contribution in [0.15, 0.2) is 35.7 Å². The Balaban J connectivity index is 1.20. The molecule has 1 aromatic carbocycles. The van der Waals surface area contributed by atoms with Crippen LogP contribution in [-0.2, 0) is 27.9 Å². The zero-order valence-corrected chi connectivity index (χ0v) is 20.5. The highest BCUT2D eigenvalue weighted by Gasteiger charge is 2.29. The molecular weight excluding hydrogens is 438 g/mol. The first kappa shape index (κ1) is 23.9. The van der Waals surface area contributed by atoms with Crippen molar-refractivity contribution in [3.05, 3.63) is 47.4 Å². The summed E-state index contributed by atoms with van der Waals surface area (Å²) in [5.41, 5.74) is 4.03. The van der Waals surface area contributed by atoms with Gasteiger partial charge >= 0.3 is 0 Å². The first-order valence-corrected chi connectivity index (χ1v) is 13.3. The van der Waals surface area contributed by atoms with E-state index in [1.807, 2.05) is 0 Å². The predicted octanol–water partition coefficient (Wildman–Crippen LogP) is 2.31. The van der Waals surface area contributed by atoms with Crippen molar-refractivity contribution in [3.63, 3.8) is 0 Å². The van der Waals surface area contributed by atoms with E-state index in [9.17, 15) is 13.2 Å². The number of sulfonamides is 1. The van der Waals surface area contributed by atoms with Gasteiger partial charge in [-0.3, -0.25) is 9.69 Å². The van der Waals surface area contributed by atoms with Crippen molar-refractivity contribution < 1.29 is 13.2 Å². The quantitative estimate of drug-likeness (QED) is 0.636. The smallest absolute Gasteiger partial charge is 0.262 e. The molecule has 2 saturated heterocycles. The number of hydrogen-bond donors (Lipinski definition) is 1. The van der Waals surface area contributed by atoms with E-state index in [-0.39, 0.29) is 17.5 Å². The second-order valence-corrected chi connectivity index (χ2v) is 11.3. The number of nitrogens with zero attached hydrogens (tertiary/aromatic N) is 4. The van der Waals surface area contributed by atoms with E-state index in [4.69, 9.17) is 0 Å². The molecule has 33 heavy (non-hydrogen) atoms. The van der Waals surface area contributed by atoms with Crippen molar-refractivity contribution in [2.45, 2.75) is 57.6 Å². The Hall–Kier alpha value is -2.23. The van der Waals surface area contributed by atoms with Crippen molar-refractivity contribution in [3.8, 4) is 0 Å². The maximum atomic E-state index is 12.6. The number of benzene rings is 1. The molecule has 3 heterocycles. The van der Waals surface area contributed by atoms with E-state index >= 15 is 0 Å². The largest absolute Gasteiger partial charge is 0.354 e. The summed E-state index contributed by atoms with van der Waals surface area (Å²) in [4.78, 5) is 18.9. The monoisotopic (exact) mass is 473 g/mol. The summed E-state index contributed by atoms with van der Waals surface area (Å²) in [5.74, 6) is 0.355. The summed E-state index contributed by atoms with van der Waals surface area (Å²) in [5, 5.41) is 3.04. The zero-order valence-electron chi connectivity index (χ0n) is 19.7. The van der Waals surface area contributed by atoms with Crippen LogP contribution in [0.2, 0.25) is 0 Å². The van der Waals surface area contributed by atoms with Crippen LogP contribution in [0.4, 0.5) is 0 Å². The fourth-order valence-corrected chi connectivity index (χ4v) is 6.11. The summed E-state index contributed by atoms with van der Waals surface area (Å²) < 4.78 is 28.2. The molecule has 0 saturated carbocycles. The fraction of sp³-hybridized carbons (Fsp3) is 0.583. The maximum absolute atomic E-state index is 12.6. The van der Waals surface area contributed by atoms with Gasteiger partial charge in [0.2, 0.25) is 5.91 Å². The summed E-state index contributed by atoms with van der Waals surface area (Å²) >= 11 is 0. The minimum absolute atomic E-state index is 0.0217. The van der Waals surface area contributed by atoms with Crippen LogP contribution >= 0.6 is 0 Å². The SMILES string of the molecule is Cc1ccc(C)c(CN2CCC(CNC(=O)Cn3cnc(S(=O)(=O)N4CCCC4)c3)CC2)c1. The molecule has 0 aliphatic carbocycles. The Labute approximate surface area is 197 Å². The Bertz CT molecular complexity index is 1070. The lowest BCUT2D eigenvalue weighted by Gasteiger charge is -2.32. The standard InChI is InChI=1S/C24H35N5O3S/c1-19-5-6-20(2)22(13-19)15-27-11-7-21(8-12-27)14-25-23(30)16-28-17-24(26-18-28)33(31,32)29-9-3-4-10-29/h5-6,13,17-18,21H,3-4,7-12,14-16H2,1-2H3,(H,25,30). The number of carbonyl (C=O) groups is 1. The topological polar surface area (TPSA) is 87.5 Å². The highest BCUT2D eigenvalue weighted by Crippen LogP contribution is 2.21. The number of amides is 1. The zero-order chi connectivity index (χ0) is 23.4. The third-order valence-corrected chi connectivity index (χ3v) is 8.58. The van der Waals surface area contributed by atoms with E-state index < -0.39 is 10.0 Å². The molecule has 2 aliphatic rings. The number of carbonyl (C=O) groups excluding carboxylic acids is 1. The maximum Gasteiger partial charge on any atom is 0.262 e. The molecule has 2 fully saturated rings. The number of likely N-dealkylation sites (tertiary alicyclic amines) is 1. The number of rotatable bonds is 8. The third kappa shape index (κ3) is 6.02. The number of nitrogens with one attached hydrogen (secondary N) is 1. The van der Waals surface area contributed by atoms with Crippen molar-refractivity contribution in [2.24, 2.45) is 5.92 Å². The van der Waals surface area contributed by atoms with Gasteiger partial charge in [0, 0.05) is 32.4 Å². The number of imidazole rings is 1. The number of aromatic nitrogens is 2.